The third-order valence-electron chi connectivity index (χ3n) is 5.12. The smallest absolute Gasteiger partial charge is 0.264 e. The van der Waals surface area contributed by atoms with E-state index in [9.17, 15) is 18.0 Å². The molecule has 1 aliphatic rings. The Balaban J connectivity index is 1.53. The van der Waals surface area contributed by atoms with Gasteiger partial charge in [0.25, 0.3) is 5.56 Å². The molecule has 0 radical (unpaired) electrons. The van der Waals surface area contributed by atoms with Crippen LogP contribution < -0.4 is 20.3 Å². The van der Waals surface area contributed by atoms with E-state index in [0.717, 1.165) is 0 Å². The zero-order valence-electron chi connectivity index (χ0n) is 16.9. The van der Waals surface area contributed by atoms with Gasteiger partial charge in [0.2, 0.25) is 5.91 Å². The molecule has 1 amide bonds. The number of methoxy groups -OCH3 is 2. The number of carbonyl (C=O) groups excluding carboxylic acids is 1. The number of anilines is 1. The van der Waals surface area contributed by atoms with Crippen molar-refractivity contribution in [2.45, 2.75) is 19.0 Å². The summed E-state index contributed by atoms with van der Waals surface area (Å²) in [5, 5.41) is 7.11. The van der Waals surface area contributed by atoms with E-state index >= 15 is 0 Å². The van der Waals surface area contributed by atoms with E-state index in [1.54, 1.807) is 18.2 Å². The van der Waals surface area contributed by atoms with Crippen molar-refractivity contribution in [1.29, 1.82) is 0 Å². The molecule has 1 saturated heterocycles. The SMILES string of the molecule is COc1ccc(NC(=O)Cn2cnc3c(cnn3[C@@H]3CCS(=O)(=O)C3)c2=O)cc1OC. The first-order chi connectivity index (χ1) is 14.8. The Bertz CT molecular complexity index is 1310. The maximum Gasteiger partial charge on any atom is 0.264 e. The van der Waals surface area contributed by atoms with Crippen molar-refractivity contribution in [3.8, 4) is 11.5 Å². The van der Waals surface area contributed by atoms with Gasteiger partial charge in [-0.15, -0.1) is 0 Å². The number of carbonyl (C=O) groups is 1. The Morgan fingerprint density at radius 3 is 2.71 bits per heavy atom. The van der Waals surface area contributed by atoms with E-state index in [-0.39, 0.29) is 29.5 Å². The van der Waals surface area contributed by atoms with Crippen LogP contribution in [0.3, 0.4) is 0 Å². The summed E-state index contributed by atoms with van der Waals surface area (Å²) in [6.45, 7) is -0.251. The number of fused-ring (bicyclic) bond motifs is 1. The molecule has 0 bridgehead atoms. The van der Waals surface area contributed by atoms with Crippen molar-refractivity contribution in [2.24, 2.45) is 0 Å². The van der Waals surface area contributed by atoms with E-state index < -0.39 is 21.3 Å². The predicted molar refractivity (Wildman–Crippen MR) is 112 cm³/mol. The van der Waals surface area contributed by atoms with Gasteiger partial charge in [-0.3, -0.25) is 14.2 Å². The predicted octanol–water partition coefficient (Wildman–Crippen LogP) is 0.608. The van der Waals surface area contributed by atoms with E-state index in [4.69, 9.17) is 9.47 Å². The van der Waals surface area contributed by atoms with E-state index in [0.29, 0.717) is 29.3 Å². The largest absolute Gasteiger partial charge is 0.493 e. The minimum Gasteiger partial charge on any atom is -0.493 e. The number of aromatic nitrogens is 4. The Labute approximate surface area is 177 Å². The van der Waals surface area contributed by atoms with Gasteiger partial charge in [-0.1, -0.05) is 0 Å². The highest BCUT2D eigenvalue weighted by Gasteiger charge is 2.31. The van der Waals surface area contributed by atoms with Gasteiger partial charge in [0.1, 0.15) is 18.3 Å². The molecule has 3 heterocycles. The Hall–Kier alpha value is -3.41. The summed E-state index contributed by atoms with van der Waals surface area (Å²) in [6, 6.07) is 4.58. The highest BCUT2D eigenvalue weighted by molar-refractivity contribution is 7.91. The zero-order chi connectivity index (χ0) is 22.2. The lowest BCUT2D eigenvalue weighted by atomic mass is 10.2. The number of nitrogens with zero attached hydrogens (tertiary/aromatic N) is 4. The fourth-order valence-corrected chi connectivity index (χ4v) is 5.28. The van der Waals surface area contributed by atoms with Crippen LogP contribution in [0, 0.1) is 0 Å². The molecule has 1 fully saturated rings. The van der Waals surface area contributed by atoms with Gasteiger partial charge in [0.05, 0.1) is 38.0 Å². The molecule has 2 aromatic heterocycles. The molecular weight excluding hydrogens is 426 g/mol. The summed E-state index contributed by atoms with van der Waals surface area (Å²) in [6.07, 6.45) is 3.05. The van der Waals surface area contributed by atoms with Gasteiger partial charge in [-0.05, 0) is 18.6 Å². The molecule has 11 nitrogen and oxygen atoms in total. The van der Waals surface area contributed by atoms with E-state index in [1.165, 1.54) is 36.0 Å². The Kier molecular flexibility index (Phi) is 5.39. The molecule has 1 aliphatic heterocycles. The van der Waals surface area contributed by atoms with Crippen molar-refractivity contribution in [1.82, 2.24) is 19.3 Å². The van der Waals surface area contributed by atoms with Gasteiger partial charge < -0.3 is 14.8 Å². The summed E-state index contributed by atoms with van der Waals surface area (Å²) < 4.78 is 36.5. The molecule has 1 N–H and O–H groups in total. The first-order valence-electron chi connectivity index (χ1n) is 9.46. The minimum atomic E-state index is -3.11. The third-order valence-corrected chi connectivity index (χ3v) is 6.87. The topological polar surface area (TPSA) is 134 Å². The van der Waals surface area contributed by atoms with Crippen LogP contribution in [0.4, 0.5) is 5.69 Å². The molecule has 31 heavy (non-hydrogen) atoms. The lowest BCUT2D eigenvalue weighted by Crippen LogP contribution is -2.28. The number of hydrogen-bond donors (Lipinski definition) is 1. The lowest BCUT2D eigenvalue weighted by Gasteiger charge is -2.12. The second kappa shape index (κ2) is 8.02. The van der Waals surface area contributed by atoms with Crippen molar-refractivity contribution >= 4 is 32.5 Å². The molecule has 0 unspecified atom stereocenters. The molecule has 0 spiro atoms. The van der Waals surface area contributed by atoms with Gasteiger partial charge >= 0.3 is 0 Å². The van der Waals surface area contributed by atoms with Crippen molar-refractivity contribution in [3.63, 3.8) is 0 Å². The fourth-order valence-electron chi connectivity index (χ4n) is 3.58. The van der Waals surface area contributed by atoms with Crippen molar-refractivity contribution < 1.29 is 22.7 Å². The number of amides is 1. The molecular formula is C19H21N5O6S. The number of benzene rings is 1. The van der Waals surface area contributed by atoms with E-state index in [1.807, 2.05) is 0 Å². The van der Waals surface area contributed by atoms with Crippen LogP contribution in [0.15, 0.2) is 35.5 Å². The molecule has 0 saturated carbocycles. The highest BCUT2D eigenvalue weighted by atomic mass is 32.2. The van der Waals surface area contributed by atoms with Gasteiger partial charge in [-0.25, -0.2) is 18.1 Å². The molecule has 4 rings (SSSR count). The normalized spacial score (nSPS) is 17.5. The summed E-state index contributed by atoms with van der Waals surface area (Å²) in [5.74, 6) is 0.624. The number of nitrogens with one attached hydrogen (secondary N) is 1. The lowest BCUT2D eigenvalue weighted by molar-refractivity contribution is -0.116. The first kappa shape index (κ1) is 20.8. The second-order valence-electron chi connectivity index (χ2n) is 7.18. The first-order valence-corrected chi connectivity index (χ1v) is 11.3. The molecule has 12 heteroatoms. The zero-order valence-corrected chi connectivity index (χ0v) is 17.8. The van der Waals surface area contributed by atoms with Gasteiger partial charge in [-0.2, -0.15) is 5.10 Å². The molecule has 1 atom stereocenters. The summed E-state index contributed by atoms with van der Waals surface area (Å²) in [4.78, 5) is 29.5. The van der Waals surface area contributed by atoms with E-state index in [2.05, 4.69) is 15.4 Å². The molecule has 164 valence electrons. The van der Waals surface area contributed by atoms with Gasteiger partial charge in [0.15, 0.2) is 27.0 Å². The average molecular weight is 447 g/mol. The van der Waals surface area contributed by atoms with Crippen LogP contribution in [0.25, 0.3) is 11.0 Å². The highest BCUT2D eigenvalue weighted by Crippen LogP contribution is 2.29. The maximum absolute atomic E-state index is 12.8. The standard InChI is InChI=1S/C19H21N5O6S/c1-29-15-4-3-12(7-16(15)30-2)22-17(25)9-23-11-20-18-14(19(23)26)8-21-24(18)13-5-6-31(27,28)10-13/h3-4,7-8,11,13H,5-6,9-10H2,1-2H3,(H,22,25)/t13-/m1/s1. The summed E-state index contributed by atoms with van der Waals surface area (Å²) in [7, 11) is -0.101. The molecule has 0 aliphatic carbocycles. The average Bonchev–Trinajstić information content (AvgIpc) is 3.33. The monoisotopic (exact) mass is 447 g/mol. The molecule has 3 aromatic rings. The van der Waals surface area contributed by atoms with Crippen LogP contribution >= 0.6 is 0 Å². The van der Waals surface area contributed by atoms with Crippen molar-refractivity contribution in [3.05, 3.63) is 41.1 Å². The summed E-state index contributed by atoms with van der Waals surface area (Å²) >= 11 is 0. The van der Waals surface area contributed by atoms with Crippen LogP contribution in [-0.2, 0) is 21.2 Å². The number of sulfone groups is 1. The number of rotatable bonds is 6. The van der Waals surface area contributed by atoms with Crippen molar-refractivity contribution in [2.75, 3.05) is 31.0 Å². The quantitative estimate of drug-likeness (QED) is 0.581. The van der Waals surface area contributed by atoms with Gasteiger partial charge in [0, 0.05) is 11.8 Å². The number of ether oxygens (including phenoxy) is 2. The minimum absolute atomic E-state index is 0.0255. The Morgan fingerprint density at radius 1 is 1.26 bits per heavy atom. The van der Waals surface area contributed by atoms with Crippen LogP contribution in [0.2, 0.25) is 0 Å². The summed E-state index contributed by atoms with van der Waals surface area (Å²) in [5.41, 5.74) is 0.364. The van der Waals surface area contributed by atoms with Crippen LogP contribution in [0.5, 0.6) is 11.5 Å². The van der Waals surface area contributed by atoms with Crippen LogP contribution in [-0.4, -0.2) is 59.4 Å². The number of hydrogen-bond acceptors (Lipinski definition) is 8. The fraction of sp³-hybridized carbons (Fsp3) is 0.368. The second-order valence-corrected chi connectivity index (χ2v) is 9.41. The van der Waals surface area contributed by atoms with Crippen LogP contribution in [0.1, 0.15) is 12.5 Å². The third kappa shape index (κ3) is 4.10. The maximum atomic E-state index is 12.8. The molecule has 1 aromatic carbocycles. The Morgan fingerprint density at radius 2 is 2.03 bits per heavy atom.